The highest BCUT2D eigenvalue weighted by Crippen LogP contribution is 2.32. The first-order valence-electron chi connectivity index (χ1n) is 14.3. The zero-order valence-electron chi connectivity index (χ0n) is 24.6. The van der Waals surface area contributed by atoms with Crippen molar-refractivity contribution in [2.45, 2.75) is 25.8 Å². The maximum absolute atomic E-state index is 14.8. The number of H-pyrrole nitrogens is 2. The summed E-state index contributed by atoms with van der Waals surface area (Å²) in [4.78, 5) is 26.3. The number of aryl methyl sites for hydroxylation is 2. The van der Waals surface area contributed by atoms with Gasteiger partial charge in [-0.3, -0.25) is 15.1 Å². The van der Waals surface area contributed by atoms with E-state index in [1.807, 2.05) is 39.2 Å². The summed E-state index contributed by atoms with van der Waals surface area (Å²) < 4.78 is 14.8. The Hall–Kier alpha value is -4.74. The first-order valence-corrected chi connectivity index (χ1v) is 14.3. The predicted octanol–water partition coefficient (Wildman–Crippen LogP) is 4.51. The minimum absolute atomic E-state index is 0.160. The molecule has 1 aliphatic rings. The number of fused-ring (bicyclic) bond motifs is 1. The van der Waals surface area contributed by atoms with E-state index in [9.17, 15) is 4.39 Å². The SMILES string of the molecule is C=C/C=C(/c1cc(F)cc(CCCN(C)C)c1)c1nc(-c2n[nH]c3cnc(-c4cncc(N5CC(N)C5)n4)cc23)[nH]c1C. The van der Waals surface area contributed by atoms with Crippen molar-refractivity contribution < 1.29 is 4.39 Å². The Morgan fingerprint density at radius 1 is 1.14 bits per heavy atom. The van der Waals surface area contributed by atoms with Gasteiger partial charge in [0.15, 0.2) is 5.82 Å². The summed E-state index contributed by atoms with van der Waals surface area (Å²) in [6.07, 6.45) is 10.5. The maximum Gasteiger partial charge on any atom is 0.159 e. The van der Waals surface area contributed by atoms with E-state index < -0.39 is 0 Å². The van der Waals surface area contributed by atoms with Gasteiger partial charge < -0.3 is 20.5 Å². The number of aromatic nitrogens is 7. The van der Waals surface area contributed by atoms with Crippen LogP contribution in [0.4, 0.5) is 10.2 Å². The fourth-order valence-electron chi connectivity index (χ4n) is 5.38. The third-order valence-corrected chi connectivity index (χ3v) is 7.55. The van der Waals surface area contributed by atoms with Gasteiger partial charge in [0.05, 0.1) is 35.5 Å². The van der Waals surface area contributed by atoms with Crippen LogP contribution in [0.5, 0.6) is 0 Å². The van der Waals surface area contributed by atoms with Crippen molar-refractivity contribution in [2.24, 2.45) is 5.73 Å². The van der Waals surface area contributed by atoms with Crippen LogP contribution >= 0.6 is 0 Å². The summed E-state index contributed by atoms with van der Waals surface area (Å²) in [5, 5.41) is 8.47. The van der Waals surface area contributed by atoms with Crippen molar-refractivity contribution >= 4 is 22.3 Å². The molecule has 43 heavy (non-hydrogen) atoms. The summed E-state index contributed by atoms with van der Waals surface area (Å²) >= 11 is 0. The number of hydrogen-bond acceptors (Lipinski definition) is 8. The van der Waals surface area contributed by atoms with Gasteiger partial charge >= 0.3 is 0 Å². The van der Waals surface area contributed by atoms with Gasteiger partial charge in [0.2, 0.25) is 0 Å². The van der Waals surface area contributed by atoms with Crippen molar-refractivity contribution in [3.05, 3.63) is 89.9 Å². The van der Waals surface area contributed by atoms with E-state index in [2.05, 4.69) is 41.5 Å². The first kappa shape index (κ1) is 28.4. The fraction of sp³-hybridized carbons (Fsp3) is 0.281. The molecule has 0 radical (unpaired) electrons. The molecule has 4 aromatic heterocycles. The number of pyridine rings is 1. The monoisotopic (exact) mass is 578 g/mol. The topological polar surface area (TPSA) is 129 Å². The summed E-state index contributed by atoms with van der Waals surface area (Å²) in [5.41, 5.74) is 12.7. The molecular formula is C32H35FN10. The Kier molecular flexibility index (Phi) is 7.83. The second-order valence-electron chi connectivity index (χ2n) is 11.2. The molecule has 10 nitrogen and oxygen atoms in total. The average Bonchev–Trinajstić information content (AvgIpc) is 3.56. The van der Waals surface area contributed by atoms with Crippen LogP contribution in [0.2, 0.25) is 0 Å². The molecule has 6 rings (SSSR count). The lowest BCUT2D eigenvalue weighted by atomic mass is 9.97. The van der Waals surface area contributed by atoms with Crippen molar-refractivity contribution in [1.29, 1.82) is 0 Å². The molecule has 0 saturated carbocycles. The third kappa shape index (κ3) is 5.95. The van der Waals surface area contributed by atoms with Gasteiger partial charge in [0.25, 0.3) is 0 Å². The van der Waals surface area contributed by atoms with Gasteiger partial charge in [-0.25, -0.2) is 14.4 Å². The van der Waals surface area contributed by atoms with Crippen LogP contribution in [0, 0.1) is 12.7 Å². The Morgan fingerprint density at radius 3 is 2.74 bits per heavy atom. The minimum atomic E-state index is -0.275. The number of aromatic amines is 2. The Labute approximate surface area is 249 Å². The van der Waals surface area contributed by atoms with Crippen LogP contribution in [0.1, 0.15) is 28.9 Å². The zero-order valence-corrected chi connectivity index (χ0v) is 24.6. The summed E-state index contributed by atoms with van der Waals surface area (Å²) in [7, 11) is 4.08. The van der Waals surface area contributed by atoms with Crippen LogP contribution in [-0.2, 0) is 6.42 Å². The van der Waals surface area contributed by atoms with Crippen LogP contribution in [-0.4, -0.2) is 79.8 Å². The second-order valence-corrected chi connectivity index (χ2v) is 11.2. The molecule has 0 spiro atoms. The average molecular weight is 579 g/mol. The quantitative estimate of drug-likeness (QED) is 0.207. The number of benzene rings is 1. The Morgan fingerprint density at radius 2 is 1.98 bits per heavy atom. The molecule has 0 aliphatic carbocycles. The number of anilines is 1. The molecule has 0 unspecified atom stereocenters. The molecule has 1 aliphatic heterocycles. The number of hydrogen-bond donors (Lipinski definition) is 3. The Bertz CT molecular complexity index is 1810. The van der Waals surface area contributed by atoms with Crippen LogP contribution in [0.25, 0.3) is 39.4 Å². The molecule has 5 heterocycles. The zero-order chi connectivity index (χ0) is 30.1. The maximum atomic E-state index is 14.8. The fourth-order valence-corrected chi connectivity index (χ4v) is 5.38. The number of nitrogens with two attached hydrogens (primary N) is 1. The molecule has 5 aromatic rings. The molecule has 0 bridgehead atoms. The molecule has 1 fully saturated rings. The third-order valence-electron chi connectivity index (χ3n) is 7.55. The van der Waals surface area contributed by atoms with E-state index in [1.165, 1.54) is 0 Å². The molecule has 0 amide bonds. The number of rotatable bonds is 10. The molecule has 220 valence electrons. The van der Waals surface area contributed by atoms with Gasteiger partial charge in [-0.2, -0.15) is 5.10 Å². The number of imidazole rings is 1. The van der Waals surface area contributed by atoms with Crippen LogP contribution in [0.15, 0.2) is 61.6 Å². The highest BCUT2D eigenvalue weighted by Gasteiger charge is 2.25. The number of halogens is 1. The normalized spacial score (nSPS) is 14.1. The van der Waals surface area contributed by atoms with Crippen molar-refractivity contribution in [3.8, 4) is 22.9 Å². The van der Waals surface area contributed by atoms with E-state index in [0.29, 0.717) is 28.6 Å². The van der Waals surface area contributed by atoms with Gasteiger partial charge in [0, 0.05) is 35.8 Å². The van der Waals surface area contributed by atoms with Gasteiger partial charge in [-0.1, -0.05) is 24.8 Å². The molecule has 1 aromatic carbocycles. The summed E-state index contributed by atoms with van der Waals surface area (Å²) in [6.45, 7) is 8.30. The second kappa shape index (κ2) is 11.9. The van der Waals surface area contributed by atoms with Crippen molar-refractivity contribution in [1.82, 2.24) is 40.0 Å². The lowest BCUT2D eigenvalue weighted by Crippen LogP contribution is -2.56. The summed E-state index contributed by atoms with van der Waals surface area (Å²) in [6, 6.07) is 7.28. The largest absolute Gasteiger partial charge is 0.352 e. The van der Waals surface area contributed by atoms with E-state index in [1.54, 1.807) is 36.8 Å². The molecule has 11 heteroatoms. The molecule has 0 atom stereocenters. The van der Waals surface area contributed by atoms with E-state index in [-0.39, 0.29) is 11.9 Å². The number of nitrogens with one attached hydrogen (secondary N) is 2. The molecule has 4 N–H and O–H groups in total. The van der Waals surface area contributed by atoms with Crippen LogP contribution < -0.4 is 10.6 Å². The van der Waals surface area contributed by atoms with Crippen LogP contribution in [0.3, 0.4) is 0 Å². The molecular weight excluding hydrogens is 543 g/mol. The standard InChI is InChI=1S/C32H35FN10/c1-5-7-24(21-10-20(11-22(33)12-21)8-6-9-42(3)4)30-19(2)37-32(39-30)31-25-13-26(36-15-27(25)40-41-31)28-14-35-16-29(38-28)43-17-23(34)18-43/h5,7,10-16,23H,1,6,8-9,17-18,34H2,2-4H3,(H,37,39)(H,40,41)/b24-7-. The number of allylic oxidation sites excluding steroid dienone is 2. The lowest BCUT2D eigenvalue weighted by Gasteiger charge is -2.37. The van der Waals surface area contributed by atoms with Gasteiger partial charge in [0.1, 0.15) is 23.0 Å². The van der Waals surface area contributed by atoms with Gasteiger partial charge in [-0.15, -0.1) is 0 Å². The smallest absolute Gasteiger partial charge is 0.159 e. The van der Waals surface area contributed by atoms with E-state index >= 15 is 0 Å². The lowest BCUT2D eigenvalue weighted by molar-refractivity contribution is 0.400. The minimum Gasteiger partial charge on any atom is -0.352 e. The van der Waals surface area contributed by atoms with Gasteiger partial charge in [-0.05, 0) is 69.7 Å². The van der Waals surface area contributed by atoms with Crippen molar-refractivity contribution in [2.75, 3.05) is 38.6 Å². The molecule has 1 saturated heterocycles. The predicted molar refractivity (Wildman–Crippen MR) is 168 cm³/mol. The van der Waals surface area contributed by atoms with E-state index in [0.717, 1.165) is 71.6 Å². The number of nitrogens with zero attached hydrogens (tertiary/aromatic N) is 7. The first-order chi connectivity index (χ1) is 20.8. The van der Waals surface area contributed by atoms with E-state index in [4.69, 9.17) is 15.7 Å². The Balaban J connectivity index is 1.34. The van der Waals surface area contributed by atoms with Crippen molar-refractivity contribution in [3.63, 3.8) is 0 Å². The highest BCUT2D eigenvalue weighted by molar-refractivity contribution is 5.93. The summed E-state index contributed by atoms with van der Waals surface area (Å²) in [5.74, 6) is 1.09. The highest BCUT2D eigenvalue weighted by atomic mass is 19.1.